The lowest BCUT2D eigenvalue weighted by Crippen LogP contribution is -2.22. The van der Waals surface area contributed by atoms with Crippen molar-refractivity contribution in [2.24, 2.45) is 0 Å². The zero-order chi connectivity index (χ0) is 15.7. The Labute approximate surface area is 122 Å². The Balaban J connectivity index is 1.74. The van der Waals surface area contributed by atoms with E-state index in [9.17, 15) is 18.0 Å². The third-order valence-corrected chi connectivity index (χ3v) is 3.05. The van der Waals surface area contributed by atoms with Crippen LogP contribution in [-0.4, -0.2) is 27.7 Å². The first-order valence-corrected chi connectivity index (χ1v) is 6.37. The van der Waals surface area contributed by atoms with Gasteiger partial charge in [0.25, 0.3) is 0 Å². The smallest absolute Gasteiger partial charge is 0.329 e. The van der Waals surface area contributed by atoms with Gasteiger partial charge in [0.2, 0.25) is 11.7 Å². The third-order valence-electron chi connectivity index (χ3n) is 3.05. The van der Waals surface area contributed by atoms with E-state index in [0.717, 1.165) is 5.56 Å². The van der Waals surface area contributed by atoms with Crippen LogP contribution in [0.3, 0.4) is 0 Å². The zero-order valence-electron chi connectivity index (χ0n) is 11.1. The maximum atomic E-state index is 12.4. The molecule has 22 heavy (non-hydrogen) atoms. The molecule has 0 spiro atoms. The lowest BCUT2D eigenvalue weighted by atomic mass is 10.1. The van der Waals surface area contributed by atoms with Gasteiger partial charge in [0.05, 0.1) is 19.6 Å². The highest BCUT2D eigenvalue weighted by Gasteiger charge is 2.38. The Morgan fingerprint density at radius 3 is 2.50 bits per heavy atom. The minimum atomic E-state index is -4.67. The number of amides is 1. The first-order valence-electron chi connectivity index (χ1n) is 6.37. The lowest BCUT2D eigenvalue weighted by Gasteiger charge is -2.13. The van der Waals surface area contributed by atoms with Gasteiger partial charge in [-0.1, -0.05) is 29.4 Å². The molecule has 1 amide bonds. The van der Waals surface area contributed by atoms with Crippen LogP contribution in [0.4, 0.5) is 13.2 Å². The summed E-state index contributed by atoms with van der Waals surface area (Å²) in [6.07, 6.45) is -4.32. The van der Waals surface area contributed by atoms with Crippen LogP contribution >= 0.6 is 0 Å². The van der Waals surface area contributed by atoms with E-state index >= 15 is 0 Å². The van der Waals surface area contributed by atoms with Crippen molar-refractivity contribution in [3.63, 3.8) is 0 Å². The van der Waals surface area contributed by atoms with Crippen molar-refractivity contribution in [1.82, 2.24) is 15.2 Å². The molecule has 1 aliphatic rings. The first-order chi connectivity index (χ1) is 10.4. The predicted molar refractivity (Wildman–Crippen MR) is 65.9 cm³/mol. The molecular formula is C13H10F3N3O3. The summed E-state index contributed by atoms with van der Waals surface area (Å²) in [6.45, 7) is 0.638. The average Bonchev–Trinajstić information content (AvgIpc) is 3.09. The maximum absolute atomic E-state index is 12.4. The number of hydroxylamine groups is 2. The number of aromatic nitrogens is 2. The van der Waals surface area contributed by atoms with E-state index in [1.807, 2.05) is 0 Å². The fourth-order valence-electron chi connectivity index (χ4n) is 1.95. The van der Waals surface area contributed by atoms with E-state index < -0.39 is 12.1 Å². The van der Waals surface area contributed by atoms with Crippen LogP contribution in [0.15, 0.2) is 28.8 Å². The molecule has 6 nitrogen and oxygen atoms in total. The molecule has 3 rings (SSSR count). The second-order valence-electron chi connectivity index (χ2n) is 4.63. The molecule has 1 aromatic heterocycles. The van der Waals surface area contributed by atoms with Crippen LogP contribution < -0.4 is 0 Å². The number of hydrogen-bond donors (Lipinski definition) is 0. The van der Waals surface area contributed by atoms with Crippen molar-refractivity contribution in [3.8, 4) is 11.4 Å². The largest absolute Gasteiger partial charge is 0.471 e. The predicted octanol–water partition coefficient (Wildman–Crippen LogP) is 2.42. The highest BCUT2D eigenvalue weighted by Crippen LogP contribution is 2.29. The third kappa shape index (κ3) is 2.93. The van der Waals surface area contributed by atoms with Crippen LogP contribution in [0.25, 0.3) is 11.4 Å². The fraction of sp³-hybridized carbons (Fsp3) is 0.308. The lowest BCUT2D eigenvalue weighted by molar-refractivity contribution is -0.164. The molecule has 0 aliphatic carbocycles. The molecule has 1 aliphatic heterocycles. The number of benzene rings is 1. The maximum Gasteiger partial charge on any atom is 0.471 e. The molecule has 0 radical (unpaired) electrons. The average molecular weight is 313 g/mol. The molecule has 0 unspecified atom stereocenters. The van der Waals surface area contributed by atoms with Gasteiger partial charge < -0.3 is 4.52 Å². The monoisotopic (exact) mass is 313 g/mol. The van der Waals surface area contributed by atoms with Crippen molar-refractivity contribution >= 4 is 5.91 Å². The highest BCUT2D eigenvalue weighted by atomic mass is 19.4. The minimum Gasteiger partial charge on any atom is -0.329 e. The Morgan fingerprint density at radius 1 is 1.23 bits per heavy atom. The standard InChI is InChI=1S/C13H10F3N3O3/c14-13(15,16)12-17-11(18-22-12)9-3-1-8(2-4-9)7-19-10(20)5-6-21-19/h1-4H,5-7H2. The fourth-order valence-corrected chi connectivity index (χ4v) is 1.95. The van der Waals surface area contributed by atoms with Crippen LogP contribution in [0.5, 0.6) is 0 Å². The summed E-state index contributed by atoms with van der Waals surface area (Å²) in [4.78, 5) is 19.9. The van der Waals surface area contributed by atoms with Gasteiger partial charge >= 0.3 is 12.1 Å². The number of hydrogen-bond acceptors (Lipinski definition) is 5. The van der Waals surface area contributed by atoms with E-state index in [-0.39, 0.29) is 18.3 Å². The number of rotatable bonds is 3. The minimum absolute atomic E-state index is 0.0999. The molecule has 0 atom stereocenters. The van der Waals surface area contributed by atoms with Crippen molar-refractivity contribution in [2.75, 3.05) is 6.61 Å². The van der Waals surface area contributed by atoms with E-state index in [0.29, 0.717) is 18.6 Å². The molecular weight excluding hydrogens is 303 g/mol. The van der Waals surface area contributed by atoms with Gasteiger partial charge in [-0.2, -0.15) is 18.2 Å². The highest BCUT2D eigenvalue weighted by molar-refractivity contribution is 5.76. The van der Waals surface area contributed by atoms with E-state index in [4.69, 9.17) is 4.84 Å². The summed E-state index contributed by atoms with van der Waals surface area (Å²) in [6, 6.07) is 6.43. The van der Waals surface area contributed by atoms with Gasteiger partial charge in [-0.15, -0.1) is 0 Å². The number of carbonyl (C=O) groups excluding carboxylic acids is 1. The molecule has 2 aromatic rings. The molecule has 1 fully saturated rings. The normalized spacial score (nSPS) is 15.6. The van der Waals surface area contributed by atoms with E-state index in [1.165, 1.54) is 5.06 Å². The van der Waals surface area contributed by atoms with E-state index in [2.05, 4.69) is 14.7 Å². The Kier molecular flexibility index (Phi) is 3.57. The Bertz CT molecular complexity index is 682. The van der Waals surface area contributed by atoms with Crippen LogP contribution in [0, 0.1) is 0 Å². The summed E-state index contributed by atoms with van der Waals surface area (Å²) < 4.78 is 41.4. The number of halogens is 3. The molecule has 1 saturated heterocycles. The van der Waals surface area contributed by atoms with Crippen LogP contribution in [-0.2, 0) is 22.4 Å². The van der Waals surface area contributed by atoms with Gasteiger partial charge in [-0.25, -0.2) is 5.06 Å². The summed E-state index contributed by atoms with van der Waals surface area (Å²) in [5, 5.41) is 4.56. The van der Waals surface area contributed by atoms with E-state index in [1.54, 1.807) is 24.3 Å². The molecule has 1 aromatic carbocycles. The second kappa shape index (κ2) is 5.41. The molecule has 0 saturated carbocycles. The summed E-state index contributed by atoms with van der Waals surface area (Å²) in [5.74, 6) is -1.63. The van der Waals surface area contributed by atoms with Crippen molar-refractivity contribution in [2.45, 2.75) is 19.1 Å². The number of alkyl halides is 3. The van der Waals surface area contributed by atoms with Gasteiger partial charge in [0.15, 0.2) is 0 Å². The van der Waals surface area contributed by atoms with Crippen molar-refractivity contribution in [3.05, 3.63) is 35.7 Å². The molecule has 2 heterocycles. The van der Waals surface area contributed by atoms with Crippen molar-refractivity contribution < 1.29 is 27.3 Å². The topological polar surface area (TPSA) is 68.5 Å². The van der Waals surface area contributed by atoms with Gasteiger partial charge in [-0.3, -0.25) is 9.63 Å². The molecule has 116 valence electrons. The number of nitrogens with zero attached hydrogens (tertiary/aromatic N) is 3. The quantitative estimate of drug-likeness (QED) is 0.870. The first kappa shape index (κ1) is 14.5. The Morgan fingerprint density at radius 2 is 1.95 bits per heavy atom. The van der Waals surface area contributed by atoms with Crippen molar-refractivity contribution in [1.29, 1.82) is 0 Å². The van der Waals surface area contributed by atoms with Gasteiger partial charge in [0, 0.05) is 5.56 Å². The number of carbonyl (C=O) groups is 1. The second-order valence-corrected chi connectivity index (χ2v) is 4.63. The zero-order valence-corrected chi connectivity index (χ0v) is 11.1. The molecule has 0 bridgehead atoms. The Hall–Kier alpha value is -2.42. The summed E-state index contributed by atoms with van der Waals surface area (Å²) >= 11 is 0. The van der Waals surface area contributed by atoms with Crippen LogP contribution in [0.1, 0.15) is 17.9 Å². The van der Waals surface area contributed by atoms with Gasteiger partial charge in [0.1, 0.15) is 0 Å². The molecule has 9 heteroatoms. The molecule has 0 N–H and O–H groups in total. The summed E-state index contributed by atoms with van der Waals surface area (Å²) in [5.41, 5.74) is 1.16. The van der Waals surface area contributed by atoms with Gasteiger partial charge in [-0.05, 0) is 5.56 Å². The SMILES string of the molecule is O=C1CCON1Cc1ccc(-c2noc(C(F)(F)F)n2)cc1. The van der Waals surface area contributed by atoms with Crippen LogP contribution in [0.2, 0.25) is 0 Å². The summed E-state index contributed by atoms with van der Waals surface area (Å²) in [7, 11) is 0.